The highest BCUT2D eigenvalue weighted by Crippen LogP contribution is 2.37. The second-order valence-corrected chi connectivity index (χ2v) is 8.03. The third-order valence-electron chi connectivity index (χ3n) is 5.99. The van der Waals surface area contributed by atoms with Gasteiger partial charge in [-0.2, -0.15) is 0 Å². The number of aryl methyl sites for hydroxylation is 1. The number of carbonyl (C=O) groups excluding carboxylic acids is 2. The highest BCUT2D eigenvalue weighted by Gasteiger charge is 2.41. The Bertz CT molecular complexity index is 967. The fourth-order valence-corrected chi connectivity index (χ4v) is 4.23. The number of Topliss-reactive ketones (excluding diaryl/α,β-unsaturated/α-hetero) is 1. The van der Waals surface area contributed by atoms with E-state index in [0.29, 0.717) is 55.8 Å². The number of nitrogens with one attached hydrogen (secondary N) is 2. The molecular weight excluding hydrogens is 371 g/mol. The van der Waals surface area contributed by atoms with Gasteiger partial charge in [-0.05, 0) is 61.2 Å². The molecule has 2 aromatic carbocycles. The van der Waals surface area contributed by atoms with Crippen LogP contribution >= 0.6 is 0 Å². The molecule has 1 saturated heterocycles. The fourth-order valence-electron chi connectivity index (χ4n) is 4.23. The lowest BCUT2D eigenvalue weighted by Crippen LogP contribution is -2.55. The lowest BCUT2D eigenvalue weighted by Gasteiger charge is -2.45. The minimum absolute atomic E-state index is 0.0463. The van der Waals surface area contributed by atoms with Gasteiger partial charge in [0.05, 0.1) is 0 Å². The molecule has 0 radical (unpaired) electrons. The topological polar surface area (TPSA) is 87.5 Å². The summed E-state index contributed by atoms with van der Waals surface area (Å²) in [6.45, 7) is 3.53. The smallest absolute Gasteiger partial charge is 0.317 e. The maximum Gasteiger partial charge on any atom is 0.317 e. The summed E-state index contributed by atoms with van der Waals surface area (Å²) in [6, 6.07) is 9.81. The average Bonchev–Trinajstić information content (AvgIpc) is 2.68. The monoisotopic (exact) mass is 396 g/mol. The molecule has 2 heterocycles. The first kappa shape index (κ1) is 19.2. The third-order valence-corrected chi connectivity index (χ3v) is 5.99. The summed E-state index contributed by atoms with van der Waals surface area (Å²) >= 11 is 0. The molecule has 6 nitrogen and oxygen atoms in total. The van der Waals surface area contributed by atoms with Crippen molar-refractivity contribution < 1.29 is 14.0 Å². The molecule has 4 rings (SSSR count). The molecule has 0 atom stereocenters. The third kappa shape index (κ3) is 3.90. The van der Waals surface area contributed by atoms with Gasteiger partial charge in [0, 0.05) is 48.5 Å². The summed E-state index contributed by atoms with van der Waals surface area (Å²) in [4.78, 5) is 26.9. The van der Waals surface area contributed by atoms with Crippen molar-refractivity contribution in [2.75, 3.05) is 24.1 Å². The number of likely N-dealkylation sites (tertiary alicyclic amines) is 1. The molecule has 2 aromatic rings. The molecule has 0 unspecified atom stereocenters. The van der Waals surface area contributed by atoms with E-state index < -0.39 is 5.82 Å². The number of hydrogen-bond acceptors (Lipinski definition) is 4. The van der Waals surface area contributed by atoms with Gasteiger partial charge in [0.25, 0.3) is 0 Å². The molecule has 2 aliphatic heterocycles. The number of rotatable bonds is 2. The van der Waals surface area contributed by atoms with Crippen molar-refractivity contribution in [2.45, 2.75) is 38.3 Å². The van der Waals surface area contributed by atoms with Crippen molar-refractivity contribution in [2.24, 2.45) is 0 Å². The lowest BCUT2D eigenvalue weighted by atomic mass is 9.78. The quantitative estimate of drug-likeness (QED) is 0.679. The van der Waals surface area contributed by atoms with E-state index in [9.17, 15) is 14.0 Å². The summed E-state index contributed by atoms with van der Waals surface area (Å²) in [5, 5.41) is 6.41. The van der Waals surface area contributed by atoms with E-state index in [0.717, 1.165) is 11.1 Å². The van der Waals surface area contributed by atoms with Crippen LogP contribution in [0, 0.1) is 12.7 Å². The van der Waals surface area contributed by atoms with Crippen LogP contribution < -0.4 is 16.4 Å². The van der Waals surface area contributed by atoms with Gasteiger partial charge in [-0.3, -0.25) is 4.79 Å². The first-order valence-corrected chi connectivity index (χ1v) is 9.84. The van der Waals surface area contributed by atoms with Gasteiger partial charge in [-0.25, -0.2) is 9.18 Å². The molecular formula is C22H25FN4O2. The number of nitrogens with zero attached hydrogens (tertiary/aromatic N) is 1. The van der Waals surface area contributed by atoms with Crippen LogP contribution in [0.1, 0.15) is 40.7 Å². The number of hydrogen-bond donors (Lipinski definition) is 3. The van der Waals surface area contributed by atoms with E-state index in [1.54, 1.807) is 11.0 Å². The maximum atomic E-state index is 13.4. The van der Waals surface area contributed by atoms with E-state index in [4.69, 9.17) is 5.73 Å². The van der Waals surface area contributed by atoms with Gasteiger partial charge < -0.3 is 21.3 Å². The van der Waals surface area contributed by atoms with Gasteiger partial charge in [-0.15, -0.1) is 0 Å². The largest absolute Gasteiger partial charge is 0.399 e. The van der Waals surface area contributed by atoms with E-state index in [1.165, 1.54) is 12.1 Å². The number of amides is 2. The Kier molecular flexibility index (Phi) is 4.90. The molecule has 29 heavy (non-hydrogen) atoms. The van der Waals surface area contributed by atoms with Crippen LogP contribution in [0.4, 0.5) is 20.6 Å². The second kappa shape index (κ2) is 7.39. The molecule has 0 aromatic heterocycles. The van der Waals surface area contributed by atoms with Crippen LogP contribution in [0.25, 0.3) is 0 Å². The highest BCUT2D eigenvalue weighted by atomic mass is 19.1. The number of urea groups is 1. The van der Waals surface area contributed by atoms with Crippen LogP contribution in [-0.4, -0.2) is 35.3 Å². The van der Waals surface area contributed by atoms with Gasteiger partial charge in [0.1, 0.15) is 5.82 Å². The summed E-state index contributed by atoms with van der Waals surface area (Å²) < 4.78 is 13.4. The average molecular weight is 396 g/mol. The van der Waals surface area contributed by atoms with Crippen LogP contribution in [0.5, 0.6) is 0 Å². The van der Waals surface area contributed by atoms with Crippen molar-refractivity contribution in [3.8, 4) is 0 Å². The van der Waals surface area contributed by atoms with Crippen molar-refractivity contribution in [1.29, 1.82) is 0 Å². The number of carbonyl (C=O) groups is 2. The standard InChI is InChI=1S/C22H25FN4O2/c1-14-10-17(24)4-2-15(14)13-25-21(29)27-8-6-22(7-9-27)12-20(28)18-11-16(23)3-5-19(18)26-22/h2-5,10-11,26H,6-9,12-13,24H2,1H3,(H,25,29). The molecule has 0 saturated carbocycles. The van der Waals surface area contributed by atoms with E-state index in [2.05, 4.69) is 10.6 Å². The fraction of sp³-hybridized carbons (Fsp3) is 0.364. The zero-order valence-corrected chi connectivity index (χ0v) is 16.4. The first-order chi connectivity index (χ1) is 13.8. The summed E-state index contributed by atoms with van der Waals surface area (Å²) in [5.41, 5.74) is 9.28. The Morgan fingerprint density at radius 2 is 2.00 bits per heavy atom. The molecule has 152 valence electrons. The Labute approximate surface area is 169 Å². The molecule has 2 aliphatic rings. The molecule has 1 spiro atoms. The van der Waals surface area contributed by atoms with Crippen LogP contribution in [0.2, 0.25) is 0 Å². The van der Waals surface area contributed by atoms with Crippen LogP contribution in [0.3, 0.4) is 0 Å². The van der Waals surface area contributed by atoms with Crippen LogP contribution in [-0.2, 0) is 6.54 Å². The number of piperidine rings is 1. The maximum absolute atomic E-state index is 13.4. The second-order valence-electron chi connectivity index (χ2n) is 8.03. The highest BCUT2D eigenvalue weighted by molar-refractivity contribution is 6.04. The zero-order chi connectivity index (χ0) is 20.6. The number of ketones is 1. The normalized spacial score (nSPS) is 17.6. The minimum Gasteiger partial charge on any atom is -0.399 e. The van der Waals surface area contributed by atoms with E-state index in [-0.39, 0.29) is 17.4 Å². The number of nitrogen functional groups attached to an aromatic ring is 1. The van der Waals surface area contributed by atoms with Gasteiger partial charge in [0.2, 0.25) is 0 Å². The molecule has 1 fully saturated rings. The minimum atomic E-state index is -0.405. The SMILES string of the molecule is Cc1cc(N)ccc1CNC(=O)N1CCC2(CC1)CC(=O)c1cc(F)ccc1N2. The van der Waals surface area contributed by atoms with Gasteiger partial charge in [-0.1, -0.05) is 6.07 Å². The number of benzene rings is 2. The van der Waals surface area contributed by atoms with Crippen LogP contribution in [0.15, 0.2) is 36.4 Å². The van der Waals surface area contributed by atoms with Crippen molar-refractivity contribution in [1.82, 2.24) is 10.2 Å². The van der Waals surface area contributed by atoms with Gasteiger partial charge >= 0.3 is 6.03 Å². The Morgan fingerprint density at radius 3 is 2.72 bits per heavy atom. The predicted molar refractivity (Wildman–Crippen MR) is 110 cm³/mol. The van der Waals surface area contributed by atoms with Crippen molar-refractivity contribution in [3.05, 3.63) is 58.9 Å². The first-order valence-electron chi connectivity index (χ1n) is 9.84. The molecule has 7 heteroatoms. The summed E-state index contributed by atoms with van der Waals surface area (Å²) in [6.07, 6.45) is 1.66. The number of fused-ring (bicyclic) bond motifs is 1. The molecule has 0 aliphatic carbocycles. The van der Waals surface area contributed by atoms with E-state index in [1.807, 2.05) is 25.1 Å². The number of anilines is 2. The number of halogens is 1. The molecule has 2 amide bonds. The van der Waals surface area contributed by atoms with Crippen molar-refractivity contribution in [3.63, 3.8) is 0 Å². The Morgan fingerprint density at radius 1 is 1.24 bits per heavy atom. The Hall–Kier alpha value is -3.09. The molecule has 0 bridgehead atoms. The van der Waals surface area contributed by atoms with Gasteiger partial charge in [0.15, 0.2) is 5.78 Å². The predicted octanol–water partition coefficient (Wildman–Crippen LogP) is 3.46. The van der Waals surface area contributed by atoms with E-state index >= 15 is 0 Å². The number of nitrogens with two attached hydrogens (primary N) is 1. The molecule has 4 N–H and O–H groups in total. The van der Waals surface area contributed by atoms with Crippen molar-refractivity contribution >= 4 is 23.2 Å². The zero-order valence-electron chi connectivity index (χ0n) is 16.4. The lowest BCUT2D eigenvalue weighted by molar-refractivity contribution is 0.0915. The summed E-state index contributed by atoms with van der Waals surface area (Å²) in [7, 11) is 0. The summed E-state index contributed by atoms with van der Waals surface area (Å²) in [5.74, 6) is -0.451. The Balaban J connectivity index is 1.36.